The van der Waals surface area contributed by atoms with Crippen LogP contribution in [0, 0.1) is 0 Å². The summed E-state index contributed by atoms with van der Waals surface area (Å²) in [4.78, 5) is 13.3. The Morgan fingerprint density at radius 1 is 1.15 bits per heavy atom. The zero-order chi connectivity index (χ0) is 14.0. The quantitative estimate of drug-likeness (QED) is 0.687. The maximum atomic E-state index is 5.29. The van der Waals surface area contributed by atoms with E-state index in [2.05, 4.69) is 25.1 Å². The average Bonchev–Trinajstić information content (AvgIpc) is 2.52. The van der Waals surface area contributed by atoms with E-state index in [1.807, 2.05) is 13.0 Å². The summed E-state index contributed by atoms with van der Waals surface area (Å²) in [7, 11) is 0. The molecule has 20 heavy (non-hydrogen) atoms. The van der Waals surface area contributed by atoms with Gasteiger partial charge in [-0.25, -0.2) is 9.97 Å². The molecule has 0 spiro atoms. The minimum atomic E-state index is 0.797. The van der Waals surface area contributed by atoms with Gasteiger partial charge >= 0.3 is 0 Å². The molecule has 1 saturated heterocycles. The van der Waals surface area contributed by atoms with Crippen molar-refractivity contribution in [3.63, 3.8) is 0 Å². The molecule has 0 atom stereocenters. The summed E-state index contributed by atoms with van der Waals surface area (Å²) in [5, 5.41) is 3.41. The monoisotopic (exact) mass is 279 g/mol. The second-order valence-electron chi connectivity index (χ2n) is 4.82. The molecular weight excluding hydrogens is 254 g/mol. The van der Waals surface area contributed by atoms with Gasteiger partial charge in [-0.3, -0.25) is 4.90 Å². The molecule has 0 bridgehead atoms. The van der Waals surface area contributed by atoms with E-state index in [9.17, 15) is 0 Å². The van der Waals surface area contributed by atoms with Gasteiger partial charge in [0.1, 0.15) is 0 Å². The van der Waals surface area contributed by atoms with Gasteiger partial charge in [0, 0.05) is 64.8 Å². The maximum absolute atomic E-state index is 5.29. The van der Waals surface area contributed by atoms with E-state index >= 15 is 0 Å². The van der Waals surface area contributed by atoms with Gasteiger partial charge in [-0.2, -0.15) is 0 Å². The van der Waals surface area contributed by atoms with Crippen LogP contribution in [0.15, 0.2) is 18.5 Å². The van der Waals surface area contributed by atoms with Gasteiger partial charge in [-0.1, -0.05) is 0 Å². The molecule has 0 aliphatic carbocycles. The third kappa shape index (κ3) is 5.03. The lowest BCUT2D eigenvalue weighted by molar-refractivity contribution is 0.148. The van der Waals surface area contributed by atoms with Gasteiger partial charge in [0.25, 0.3) is 0 Å². The fourth-order valence-electron chi connectivity index (χ4n) is 2.28. The summed E-state index contributed by atoms with van der Waals surface area (Å²) in [6.07, 6.45) is 3.61. The van der Waals surface area contributed by atoms with Crippen molar-refractivity contribution in [2.75, 3.05) is 63.9 Å². The first kappa shape index (κ1) is 15.2. The molecule has 1 aromatic heterocycles. The highest BCUT2D eigenvalue weighted by atomic mass is 16.5. The van der Waals surface area contributed by atoms with E-state index in [4.69, 9.17) is 4.74 Å². The molecule has 6 nitrogen and oxygen atoms in total. The molecule has 112 valence electrons. The van der Waals surface area contributed by atoms with Crippen molar-refractivity contribution in [3.05, 3.63) is 18.5 Å². The second kappa shape index (κ2) is 8.84. The van der Waals surface area contributed by atoms with Gasteiger partial charge in [0.2, 0.25) is 5.95 Å². The predicted octanol–water partition coefficient (Wildman–Crippen LogP) is 0.225. The van der Waals surface area contributed by atoms with E-state index in [1.165, 1.54) is 0 Å². The van der Waals surface area contributed by atoms with Crippen molar-refractivity contribution in [1.82, 2.24) is 20.2 Å². The molecule has 6 heteroatoms. The third-order valence-electron chi connectivity index (χ3n) is 3.44. The number of piperazine rings is 1. The first-order valence-corrected chi connectivity index (χ1v) is 7.43. The zero-order valence-electron chi connectivity index (χ0n) is 12.3. The van der Waals surface area contributed by atoms with E-state index in [-0.39, 0.29) is 0 Å². The Bertz CT molecular complexity index is 354. The number of nitrogens with one attached hydrogen (secondary N) is 1. The molecule has 0 saturated carbocycles. The molecule has 1 aliphatic heterocycles. The Kier molecular flexibility index (Phi) is 6.70. The van der Waals surface area contributed by atoms with Crippen LogP contribution in [0.25, 0.3) is 0 Å². The van der Waals surface area contributed by atoms with Crippen LogP contribution >= 0.6 is 0 Å². The maximum Gasteiger partial charge on any atom is 0.225 e. The van der Waals surface area contributed by atoms with Crippen LogP contribution < -0.4 is 10.2 Å². The minimum Gasteiger partial charge on any atom is -0.380 e. The Labute approximate surface area is 121 Å². The van der Waals surface area contributed by atoms with E-state index < -0.39 is 0 Å². The summed E-state index contributed by atoms with van der Waals surface area (Å²) in [6.45, 7) is 10.8. The van der Waals surface area contributed by atoms with Gasteiger partial charge in [0.05, 0.1) is 6.61 Å². The molecule has 0 aromatic carbocycles. The third-order valence-corrected chi connectivity index (χ3v) is 3.44. The fraction of sp³-hybridized carbons (Fsp3) is 0.714. The van der Waals surface area contributed by atoms with Crippen molar-refractivity contribution < 1.29 is 4.74 Å². The van der Waals surface area contributed by atoms with Crippen LogP contribution in [-0.4, -0.2) is 73.9 Å². The summed E-state index contributed by atoms with van der Waals surface area (Å²) in [5.41, 5.74) is 0. The number of hydrogen-bond acceptors (Lipinski definition) is 6. The molecule has 1 N–H and O–H groups in total. The lowest BCUT2D eigenvalue weighted by Gasteiger charge is -2.34. The first-order valence-electron chi connectivity index (χ1n) is 7.43. The van der Waals surface area contributed by atoms with Crippen LogP contribution in [0.3, 0.4) is 0 Å². The number of anilines is 1. The van der Waals surface area contributed by atoms with Crippen LogP contribution in [0.1, 0.15) is 6.92 Å². The number of rotatable bonds is 8. The van der Waals surface area contributed by atoms with Gasteiger partial charge in [0.15, 0.2) is 0 Å². The van der Waals surface area contributed by atoms with Crippen LogP contribution in [-0.2, 0) is 4.74 Å². The van der Waals surface area contributed by atoms with Crippen molar-refractivity contribution in [3.8, 4) is 0 Å². The molecule has 2 heterocycles. The van der Waals surface area contributed by atoms with E-state index in [1.54, 1.807) is 12.4 Å². The Morgan fingerprint density at radius 2 is 1.90 bits per heavy atom. The Morgan fingerprint density at radius 3 is 2.60 bits per heavy atom. The minimum absolute atomic E-state index is 0.797. The molecule has 0 unspecified atom stereocenters. The smallest absolute Gasteiger partial charge is 0.225 e. The fourth-order valence-corrected chi connectivity index (χ4v) is 2.28. The average molecular weight is 279 g/mol. The number of ether oxygens (including phenoxy) is 1. The highest BCUT2D eigenvalue weighted by Gasteiger charge is 2.17. The van der Waals surface area contributed by atoms with Gasteiger partial charge in [-0.15, -0.1) is 0 Å². The molecule has 1 aliphatic rings. The standard InChI is InChI=1S/C14H25N5O/c1-2-20-13-7-15-6-8-18-9-11-19(12-10-18)14-16-4-3-5-17-14/h3-5,15H,2,6-13H2,1H3. The highest BCUT2D eigenvalue weighted by Crippen LogP contribution is 2.08. The molecule has 0 amide bonds. The van der Waals surface area contributed by atoms with Crippen molar-refractivity contribution in [1.29, 1.82) is 0 Å². The molecular formula is C14H25N5O. The normalized spacial score (nSPS) is 16.6. The SMILES string of the molecule is CCOCCNCCN1CCN(c2ncccn2)CC1. The number of aromatic nitrogens is 2. The first-order chi connectivity index (χ1) is 9.90. The van der Waals surface area contributed by atoms with Crippen LogP contribution in [0.5, 0.6) is 0 Å². The zero-order valence-corrected chi connectivity index (χ0v) is 12.3. The van der Waals surface area contributed by atoms with E-state index in [0.29, 0.717) is 0 Å². The molecule has 2 rings (SSSR count). The summed E-state index contributed by atoms with van der Waals surface area (Å²) in [6, 6.07) is 1.85. The van der Waals surface area contributed by atoms with E-state index in [0.717, 1.165) is 65.0 Å². The van der Waals surface area contributed by atoms with Crippen molar-refractivity contribution >= 4 is 5.95 Å². The number of hydrogen-bond donors (Lipinski definition) is 1. The Balaban J connectivity index is 1.58. The van der Waals surface area contributed by atoms with Gasteiger partial charge < -0.3 is 15.0 Å². The number of nitrogens with zero attached hydrogens (tertiary/aromatic N) is 4. The molecule has 1 fully saturated rings. The summed E-state index contributed by atoms with van der Waals surface area (Å²) >= 11 is 0. The second-order valence-corrected chi connectivity index (χ2v) is 4.82. The summed E-state index contributed by atoms with van der Waals surface area (Å²) in [5.74, 6) is 0.849. The lowest BCUT2D eigenvalue weighted by atomic mass is 10.3. The Hall–Kier alpha value is -1.24. The highest BCUT2D eigenvalue weighted by molar-refractivity contribution is 5.29. The van der Waals surface area contributed by atoms with Gasteiger partial charge in [-0.05, 0) is 13.0 Å². The van der Waals surface area contributed by atoms with Crippen molar-refractivity contribution in [2.24, 2.45) is 0 Å². The van der Waals surface area contributed by atoms with Crippen LogP contribution in [0.4, 0.5) is 5.95 Å². The van der Waals surface area contributed by atoms with Crippen LogP contribution in [0.2, 0.25) is 0 Å². The molecule has 1 aromatic rings. The summed E-state index contributed by atoms with van der Waals surface area (Å²) < 4.78 is 5.29. The topological polar surface area (TPSA) is 53.5 Å². The van der Waals surface area contributed by atoms with Crippen molar-refractivity contribution in [2.45, 2.75) is 6.92 Å². The predicted molar refractivity (Wildman–Crippen MR) is 80.0 cm³/mol. The lowest BCUT2D eigenvalue weighted by Crippen LogP contribution is -2.48. The molecule has 0 radical (unpaired) electrons. The largest absolute Gasteiger partial charge is 0.380 e.